The number of diazo groups is 1. The first-order chi connectivity index (χ1) is 5.83. The van der Waals surface area contributed by atoms with E-state index >= 15 is 0 Å². The van der Waals surface area contributed by atoms with Crippen molar-refractivity contribution < 1.29 is 5.11 Å². The molecule has 12 heavy (non-hydrogen) atoms. The Balaban J connectivity index is 2.93. The van der Waals surface area contributed by atoms with Crippen LogP contribution in [0.25, 0.3) is 15.9 Å². The van der Waals surface area contributed by atoms with Gasteiger partial charge in [-0.05, 0) is 12.1 Å². The highest BCUT2D eigenvalue weighted by molar-refractivity contribution is 5.95. The minimum Gasteiger partial charge on any atom is -0.855 e. The molecule has 1 aromatic heterocycles. The van der Waals surface area contributed by atoms with E-state index in [4.69, 9.17) is 5.39 Å². The lowest BCUT2D eigenvalue weighted by Gasteiger charge is -1.89. The molecule has 0 radical (unpaired) electrons. The normalized spacial score (nSPS) is 9.92. The molecule has 1 N–H and O–H groups in total. The van der Waals surface area contributed by atoms with Gasteiger partial charge in [-0.25, -0.2) is 0 Å². The molecule has 0 atom stereocenters. The van der Waals surface area contributed by atoms with Gasteiger partial charge >= 0.3 is 5.69 Å². The Morgan fingerprint density at radius 3 is 2.83 bits per heavy atom. The van der Waals surface area contributed by atoms with E-state index in [1.807, 2.05) is 0 Å². The van der Waals surface area contributed by atoms with E-state index in [1.54, 1.807) is 24.3 Å². The highest BCUT2D eigenvalue weighted by Gasteiger charge is 2.14. The van der Waals surface area contributed by atoms with E-state index < -0.39 is 0 Å². The number of benzene rings is 1. The van der Waals surface area contributed by atoms with Gasteiger partial charge in [-0.1, -0.05) is 12.1 Å². The molecule has 4 nitrogen and oxygen atoms in total. The van der Waals surface area contributed by atoms with Crippen LogP contribution < -0.4 is 5.11 Å². The van der Waals surface area contributed by atoms with Crippen LogP contribution in [-0.4, -0.2) is 4.98 Å². The summed E-state index contributed by atoms with van der Waals surface area (Å²) in [4.78, 5) is 5.48. The number of para-hydroxylation sites is 1. The van der Waals surface area contributed by atoms with Crippen molar-refractivity contribution in [1.29, 1.82) is 5.39 Å². The smallest absolute Gasteiger partial charge is 0.402 e. The molecule has 0 aliphatic carbocycles. The van der Waals surface area contributed by atoms with Crippen LogP contribution in [0.15, 0.2) is 24.3 Å². The second kappa shape index (κ2) is 2.24. The summed E-state index contributed by atoms with van der Waals surface area (Å²) in [5.41, 5.74) is 0.765. The Hall–Kier alpha value is -2.02. The molecule has 0 bridgehead atoms. The van der Waals surface area contributed by atoms with Crippen molar-refractivity contribution in [3.63, 3.8) is 0 Å². The summed E-state index contributed by atoms with van der Waals surface area (Å²) < 4.78 is 0. The van der Waals surface area contributed by atoms with Gasteiger partial charge in [0, 0.05) is 0 Å². The summed E-state index contributed by atoms with van der Waals surface area (Å²) in [6, 6.07) is 7.07. The molecule has 0 aliphatic rings. The first-order valence-electron chi connectivity index (χ1n) is 3.46. The van der Waals surface area contributed by atoms with Gasteiger partial charge in [0.2, 0.25) is 5.39 Å². The molecule has 0 amide bonds. The largest absolute Gasteiger partial charge is 0.855 e. The fraction of sp³-hybridized carbons (Fsp3) is 0. The van der Waals surface area contributed by atoms with E-state index in [2.05, 4.69) is 9.96 Å². The molecule has 1 heterocycles. The number of aromatic amines is 1. The maximum atomic E-state index is 11.1. The maximum Gasteiger partial charge on any atom is 0.402 e. The first-order valence-corrected chi connectivity index (χ1v) is 3.46. The second-order valence-electron chi connectivity index (χ2n) is 2.45. The zero-order chi connectivity index (χ0) is 8.55. The average Bonchev–Trinajstić information content (AvgIpc) is 2.40. The Labute approximate surface area is 68.1 Å². The van der Waals surface area contributed by atoms with Crippen LogP contribution in [0.3, 0.4) is 0 Å². The Kier molecular flexibility index (Phi) is 1.25. The number of H-pyrrole nitrogens is 1. The highest BCUT2D eigenvalue weighted by Crippen LogP contribution is 2.32. The van der Waals surface area contributed by atoms with E-state index in [9.17, 15) is 5.11 Å². The van der Waals surface area contributed by atoms with Crippen LogP contribution in [0.4, 0.5) is 5.69 Å². The summed E-state index contributed by atoms with van der Waals surface area (Å²) in [5.74, 6) is -0.362. The van der Waals surface area contributed by atoms with Crippen LogP contribution in [0.5, 0.6) is 5.88 Å². The number of fused-ring (bicyclic) bond motifs is 1. The fourth-order valence-corrected chi connectivity index (χ4v) is 1.20. The minimum atomic E-state index is -0.362. The van der Waals surface area contributed by atoms with Gasteiger partial charge in [-0.15, -0.1) is 0 Å². The zero-order valence-electron chi connectivity index (χ0n) is 6.11. The number of hydrogen-bond donors (Lipinski definition) is 1. The number of hydrogen-bond acceptors (Lipinski definition) is 2. The molecule has 2 rings (SSSR count). The second-order valence-corrected chi connectivity index (χ2v) is 2.45. The van der Waals surface area contributed by atoms with Crippen LogP contribution in [0.1, 0.15) is 0 Å². The maximum absolute atomic E-state index is 11.1. The first kappa shape index (κ1) is 6.68. The predicted molar refractivity (Wildman–Crippen MR) is 42.5 cm³/mol. The van der Waals surface area contributed by atoms with Gasteiger partial charge in [-0.2, -0.15) is 0 Å². The zero-order valence-corrected chi connectivity index (χ0v) is 6.11. The molecular weight excluding hydrogens is 154 g/mol. The van der Waals surface area contributed by atoms with Crippen molar-refractivity contribution in [3.8, 4) is 5.88 Å². The fourth-order valence-electron chi connectivity index (χ4n) is 1.20. The van der Waals surface area contributed by atoms with Crippen LogP contribution in [-0.2, 0) is 0 Å². The third kappa shape index (κ3) is 0.736. The Morgan fingerprint density at radius 1 is 1.33 bits per heavy atom. The third-order valence-electron chi connectivity index (χ3n) is 1.75. The van der Waals surface area contributed by atoms with Crippen LogP contribution in [0, 0.1) is 5.39 Å². The molecule has 4 heteroatoms. The summed E-state index contributed by atoms with van der Waals surface area (Å²) in [6.45, 7) is 0. The monoisotopic (exact) mass is 159 g/mol. The van der Waals surface area contributed by atoms with E-state index in [0.717, 1.165) is 0 Å². The lowest BCUT2D eigenvalue weighted by Crippen LogP contribution is -1.87. The van der Waals surface area contributed by atoms with Crippen molar-refractivity contribution in [2.24, 2.45) is 0 Å². The molecule has 2 aromatic rings. The van der Waals surface area contributed by atoms with E-state index in [-0.39, 0.29) is 11.6 Å². The molecule has 0 fully saturated rings. The standard InChI is InChI=1S/C8H5N3O/c9-11-7-5-3-1-2-4-6(5)10-8(7)12/h1-4,9H. The predicted octanol–water partition coefficient (Wildman–Crippen LogP) is 1.73. The van der Waals surface area contributed by atoms with Gasteiger partial charge in [0.1, 0.15) is 0 Å². The van der Waals surface area contributed by atoms with E-state index in [1.165, 1.54) is 0 Å². The molecule has 0 saturated heterocycles. The molecule has 0 unspecified atom stereocenters. The summed E-state index contributed by atoms with van der Waals surface area (Å²) >= 11 is 0. The number of nitrogens with one attached hydrogen (secondary N) is 1. The minimum absolute atomic E-state index is 0.0746. The average molecular weight is 159 g/mol. The third-order valence-corrected chi connectivity index (χ3v) is 1.75. The lowest BCUT2D eigenvalue weighted by atomic mass is 10.2. The van der Waals surface area contributed by atoms with Gasteiger partial charge < -0.3 is 10.1 Å². The highest BCUT2D eigenvalue weighted by atomic mass is 16.3. The Morgan fingerprint density at radius 2 is 2.08 bits per heavy atom. The van der Waals surface area contributed by atoms with Crippen molar-refractivity contribution in [2.45, 2.75) is 0 Å². The molecule has 0 aliphatic heterocycles. The topological polar surface area (TPSA) is 67.0 Å². The summed E-state index contributed by atoms with van der Waals surface area (Å²) in [6.07, 6.45) is 0. The van der Waals surface area contributed by atoms with Gasteiger partial charge in [-0.3, -0.25) is 0 Å². The van der Waals surface area contributed by atoms with Gasteiger partial charge in [0.25, 0.3) is 0 Å². The molecule has 58 valence electrons. The molecule has 0 spiro atoms. The number of rotatable bonds is 0. The quantitative estimate of drug-likeness (QED) is 0.594. The Bertz CT molecular complexity index is 467. The molecule has 0 saturated carbocycles. The van der Waals surface area contributed by atoms with Crippen molar-refractivity contribution in [3.05, 3.63) is 29.2 Å². The summed E-state index contributed by atoms with van der Waals surface area (Å²) in [7, 11) is 0. The lowest BCUT2D eigenvalue weighted by molar-refractivity contribution is -0.272. The van der Waals surface area contributed by atoms with Crippen molar-refractivity contribution >= 4 is 16.6 Å². The molecule has 1 aromatic carbocycles. The van der Waals surface area contributed by atoms with Crippen molar-refractivity contribution in [2.75, 3.05) is 0 Å². The molecular formula is C8H5N3O. The van der Waals surface area contributed by atoms with E-state index in [0.29, 0.717) is 10.9 Å². The SMILES string of the molecule is N#[N+]c1c([O-])[nH]c2ccccc12. The van der Waals surface area contributed by atoms with Gasteiger partial charge in [0.15, 0.2) is 4.98 Å². The van der Waals surface area contributed by atoms with Crippen LogP contribution >= 0.6 is 0 Å². The van der Waals surface area contributed by atoms with Crippen molar-refractivity contribution in [1.82, 2.24) is 4.98 Å². The summed E-state index contributed by atoms with van der Waals surface area (Å²) in [5, 5.41) is 20.2. The number of aromatic nitrogens is 1. The van der Waals surface area contributed by atoms with Crippen LogP contribution in [0.2, 0.25) is 0 Å². The number of nitrogens with zero attached hydrogens (tertiary/aromatic N) is 2. The van der Waals surface area contributed by atoms with Gasteiger partial charge in [0.05, 0.1) is 16.8 Å².